The largest absolute Gasteiger partial charge is 0.0622 e. The lowest BCUT2D eigenvalue weighted by Gasteiger charge is -2.54. The molecular weight excluding hydrogens is 156 g/mol. The van der Waals surface area contributed by atoms with Gasteiger partial charge in [-0.1, -0.05) is 34.1 Å². The average molecular weight is 180 g/mol. The second kappa shape index (κ2) is 2.74. The summed E-state index contributed by atoms with van der Waals surface area (Å²) in [5, 5.41) is 0. The molecule has 2 aliphatic carbocycles. The summed E-state index contributed by atoms with van der Waals surface area (Å²) in [6.07, 6.45) is 7.56. The fraction of sp³-hybridized carbons (Fsp3) is 1.00. The Morgan fingerprint density at radius 3 is 1.15 bits per heavy atom. The summed E-state index contributed by atoms with van der Waals surface area (Å²) in [7, 11) is 0. The Morgan fingerprint density at radius 2 is 1.08 bits per heavy atom. The SMILES string of the molecule is CC(C)C1(C2(C(C)C)CC2)CCC1. The van der Waals surface area contributed by atoms with Crippen LogP contribution in [0.3, 0.4) is 0 Å². The van der Waals surface area contributed by atoms with E-state index in [1.165, 1.54) is 32.1 Å². The minimum absolute atomic E-state index is 0.751. The van der Waals surface area contributed by atoms with Crippen molar-refractivity contribution >= 4 is 0 Å². The molecule has 0 aliphatic heterocycles. The topological polar surface area (TPSA) is 0 Å². The maximum atomic E-state index is 2.45. The van der Waals surface area contributed by atoms with Gasteiger partial charge in [0.05, 0.1) is 0 Å². The molecule has 0 heterocycles. The lowest BCUT2D eigenvalue weighted by molar-refractivity contribution is -0.0443. The van der Waals surface area contributed by atoms with Crippen LogP contribution in [0.2, 0.25) is 0 Å². The Labute approximate surface area is 83.1 Å². The van der Waals surface area contributed by atoms with E-state index in [1.807, 2.05) is 0 Å². The summed E-state index contributed by atoms with van der Waals surface area (Å²) >= 11 is 0. The van der Waals surface area contributed by atoms with Gasteiger partial charge in [0.2, 0.25) is 0 Å². The minimum atomic E-state index is 0.751. The summed E-state index contributed by atoms with van der Waals surface area (Å²) in [5.41, 5.74) is 1.51. The van der Waals surface area contributed by atoms with E-state index in [4.69, 9.17) is 0 Å². The molecule has 2 fully saturated rings. The Balaban J connectivity index is 2.21. The molecule has 0 aromatic rings. The van der Waals surface area contributed by atoms with E-state index in [0.717, 1.165) is 22.7 Å². The third-order valence-electron chi connectivity index (χ3n) is 5.24. The monoisotopic (exact) mass is 180 g/mol. The van der Waals surface area contributed by atoms with E-state index < -0.39 is 0 Å². The summed E-state index contributed by atoms with van der Waals surface area (Å²) in [6.45, 7) is 9.77. The fourth-order valence-electron chi connectivity index (χ4n) is 3.99. The molecule has 0 atom stereocenters. The van der Waals surface area contributed by atoms with Crippen LogP contribution >= 0.6 is 0 Å². The summed E-state index contributed by atoms with van der Waals surface area (Å²) in [6, 6.07) is 0. The second-order valence-electron chi connectivity index (χ2n) is 5.98. The minimum Gasteiger partial charge on any atom is -0.0622 e. The lowest BCUT2D eigenvalue weighted by Crippen LogP contribution is -2.45. The van der Waals surface area contributed by atoms with Gasteiger partial charge in [-0.05, 0) is 48.3 Å². The Bertz CT molecular complexity index is 192. The van der Waals surface area contributed by atoms with Crippen molar-refractivity contribution in [3.63, 3.8) is 0 Å². The molecule has 13 heavy (non-hydrogen) atoms. The highest BCUT2D eigenvalue weighted by Gasteiger charge is 2.63. The third kappa shape index (κ3) is 1.04. The molecule has 0 bridgehead atoms. The molecule has 76 valence electrons. The van der Waals surface area contributed by atoms with Gasteiger partial charge in [0.1, 0.15) is 0 Å². The molecule has 0 saturated heterocycles. The van der Waals surface area contributed by atoms with Crippen LogP contribution in [-0.2, 0) is 0 Å². The molecule has 0 spiro atoms. The maximum absolute atomic E-state index is 2.45. The van der Waals surface area contributed by atoms with Crippen molar-refractivity contribution in [1.29, 1.82) is 0 Å². The van der Waals surface area contributed by atoms with Crippen LogP contribution < -0.4 is 0 Å². The highest BCUT2D eigenvalue weighted by molar-refractivity contribution is 5.12. The second-order valence-corrected chi connectivity index (χ2v) is 5.98. The average Bonchev–Trinajstić information content (AvgIpc) is 2.64. The zero-order valence-electron chi connectivity index (χ0n) is 9.69. The summed E-state index contributed by atoms with van der Waals surface area (Å²) < 4.78 is 0. The van der Waals surface area contributed by atoms with E-state index >= 15 is 0 Å². The lowest BCUT2D eigenvalue weighted by atomic mass is 9.51. The molecule has 0 heteroatoms. The first kappa shape index (κ1) is 9.55. The van der Waals surface area contributed by atoms with Crippen LogP contribution in [0.15, 0.2) is 0 Å². The van der Waals surface area contributed by atoms with Gasteiger partial charge in [0.25, 0.3) is 0 Å². The van der Waals surface area contributed by atoms with Crippen LogP contribution in [0.5, 0.6) is 0 Å². The highest BCUT2D eigenvalue weighted by Crippen LogP contribution is 2.72. The molecule has 2 aliphatic rings. The van der Waals surface area contributed by atoms with Gasteiger partial charge in [-0.2, -0.15) is 0 Å². The Morgan fingerprint density at radius 1 is 0.692 bits per heavy atom. The van der Waals surface area contributed by atoms with Gasteiger partial charge in [-0.25, -0.2) is 0 Å². The van der Waals surface area contributed by atoms with E-state index in [2.05, 4.69) is 27.7 Å². The van der Waals surface area contributed by atoms with E-state index in [9.17, 15) is 0 Å². The van der Waals surface area contributed by atoms with Gasteiger partial charge in [-0.15, -0.1) is 0 Å². The number of hydrogen-bond acceptors (Lipinski definition) is 0. The highest BCUT2D eigenvalue weighted by atomic mass is 14.7. The summed E-state index contributed by atoms with van der Waals surface area (Å²) in [4.78, 5) is 0. The van der Waals surface area contributed by atoms with E-state index in [1.54, 1.807) is 0 Å². The molecule has 0 aromatic carbocycles. The van der Waals surface area contributed by atoms with E-state index in [0.29, 0.717) is 0 Å². The van der Waals surface area contributed by atoms with Crippen molar-refractivity contribution in [3.05, 3.63) is 0 Å². The quantitative estimate of drug-likeness (QED) is 0.609. The molecule has 0 N–H and O–H groups in total. The van der Waals surface area contributed by atoms with Crippen LogP contribution in [0.4, 0.5) is 0 Å². The van der Waals surface area contributed by atoms with E-state index in [-0.39, 0.29) is 0 Å². The molecular formula is C13H24. The normalized spacial score (nSPS) is 29.1. The Hall–Kier alpha value is 0. The number of hydrogen-bond donors (Lipinski definition) is 0. The zero-order valence-corrected chi connectivity index (χ0v) is 9.69. The van der Waals surface area contributed by atoms with Gasteiger partial charge in [-0.3, -0.25) is 0 Å². The first-order valence-corrected chi connectivity index (χ1v) is 6.05. The van der Waals surface area contributed by atoms with Crippen molar-refractivity contribution in [1.82, 2.24) is 0 Å². The van der Waals surface area contributed by atoms with Crippen LogP contribution in [-0.4, -0.2) is 0 Å². The molecule has 0 aromatic heterocycles. The number of rotatable bonds is 3. The molecule has 2 saturated carbocycles. The van der Waals surface area contributed by atoms with Crippen molar-refractivity contribution in [2.24, 2.45) is 22.7 Å². The predicted molar refractivity (Wildman–Crippen MR) is 57.6 cm³/mol. The van der Waals surface area contributed by atoms with Gasteiger partial charge in [0.15, 0.2) is 0 Å². The van der Waals surface area contributed by atoms with Crippen molar-refractivity contribution in [2.75, 3.05) is 0 Å². The molecule has 0 amide bonds. The maximum Gasteiger partial charge on any atom is -0.0215 e. The first-order valence-electron chi connectivity index (χ1n) is 6.05. The van der Waals surface area contributed by atoms with Gasteiger partial charge in [0, 0.05) is 0 Å². The fourth-order valence-corrected chi connectivity index (χ4v) is 3.99. The zero-order chi connectivity index (χ0) is 9.69. The third-order valence-corrected chi connectivity index (χ3v) is 5.24. The standard InChI is InChI=1S/C13H24/c1-10(2)12(6-5-7-12)13(8-9-13)11(3)4/h10-11H,5-9H2,1-4H3. The van der Waals surface area contributed by atoms with Crippen molar-refractivity contribution < 1.29 is 0 Å². The summed E-state index contributed by atoms with van der Waals surface area (Å²) in [5.74, 6) is 1.82. The van der Waals surface area contributed by atoms with Crippen LogP contribution in [0.1, 0.15) is 59.8 Å². The van der Waals surface area contributed by atoms with Crippen molar-refractivity contribution in [3.8, 4) is 0 Å². The van der Waals surface area contributed by atoms with Crippen LogP contribution in [0.25, 0.3) is 0 Å². The smallest absolute Gasteiger partial charge is 0.0215 e. The molecule has 0 radical (unpaired) electrons. The Kier molecular flexibility index (Phi) is 2.02. The molecule has 0 unspecified atom stereocenters. The predicted octanol–water partition coefficient (Wildman–Crippen LogP) is 4.25. The molecule has 2 rings (SSSR count). The van der Waals surface area contributed by atoms with Gasteiger partial charge >= 0.3 is 0 Å². The molecule has 0 nitrogen and oxygen atoms in total. The van der Waals surface area contributed by atoms with Crippen LogP contribution in [0, 0.1) is 22.7 Å². The van der Waals surface area contributed by atoms with Crippen molar-refractivity contribution in [2.45, 2.75) is 59.8 Å². The van der Waals surface area contributed by atoms with Gasteiger partial charge < -0.3 is 0 Å². The first-order chi connectivity index (χ1) is 6.05.